The van der Waals surface area contributed by atoms with Gasteiger partial charge in [-0.25, -0.2) is 8.42 Å². The number of aryl methyl sites for hydroxylation is 1. The lowest BCUT2D eigenvalue weighted by atomic mass is 10.1. The summed E-state index contributed by atoms with van der Waals surface area (Å²) in [5, 5.41) is 0. The van der Waals surface area contributed by atoms with Gasteiger partial charge in [0.15, 0.2) is 0 Å². The van der Waals surface area contributed by atoms with E-state index < -0.39 is 10.0 Å². The van der Waals surface area contributed by atoms with E-state index in [-0.39, 0.29) is 6.10 Å². The van der Waals surface area contributed by atoms with E-state index in [9.17, 15) is 8.42 Å². The number of sulfonamides is 1. The highest BCUT2D eigenvalue weighted by Crippen LogP contribution is 2.23. The standard InChI is InChI=1S/C18H21NO3S/c1-15-7-9-18(10-8-15)23(20,21)19-13-11-17(12-14-19)22-16-5-3-2-4-6-16/h2-10,17H,11-14H2,1H3. The molecule has 122 valence electrons. The van der Waals surface area contributed by atoms with E-state index in [0.717, 1.165) is 11.3 Å². The van der Waals surface area contributed by atoms with E-state index in [4.69, 9.17) is 4.74 Å². The van der Waals surface area contributed by atoms with Crippen molar-refractivity contribution in [2.45, 2.75) is 30.8 Å². The van der Waals surface area contributed by atoms with Crippen molar-refractivity contribution in [1.82, 2.24) is 4.31 Å². The molecule has 1 aliphatic heterocycles. The summed E-state index contributed by atoms with van der Waals surface area (Å²) in [4.78, 5) is 0.366. The second kappa shape index (κ2) is 6.72. The fourth-order valence-corrected chi connectivity index (χ4v) is 4.21. The Labute approximate surface area is 137 Å². The average Bonchev–Trinajstić information content (AvgIpc) is 2.57. The summed E-state index contributed by atoms with van der Waals surface area (Å²) in [6.07, 6.45) is 1.49. The maximum Gasteiger partial charge on any atom is 0.243 e. The summed E-state index contributed by atoms with van der Waals surface area (Å²) in [6, 6.07) is 16.7. The number of hydrogen-bond acceptors (Lipinski definition) is 3. The summed E-state index contributed by atoms with van der Waals surface area (Å²) >= 11 is 0. The third-order valence-electron chi connectivity index (χ3n) is 4.11. The van der Waals surface area contributed by atoms with Gasteiger partial charge in [0, 0.05) is 13.1 Å². The van der Waals surface area contributed by atoms with Gasteiger partial charge in [0.25, 0.3) is 0 Å². The molecular formula is C18H21NO3S. The fourth-order valence-electron chi connectivity index (χ4n) is 2.74. The first-order chi connectivity index (χ1) is 11.1. The molecule has 0 radical (unpaired) electrons. The zero-order chi connectivity index (χ0) is 16.3. The topological polar surface area (TPSA) is 46.6 Å². The summed E-state index contributed by atoms with van der Waals surface area (Å²) in [5.74, 6) is 0.840. The Morgan fingerprint density at radius 1 is 0.957 bits per heavy atom. The van der Waals surface area contributed by atoms with Crippen molar-refractivity contribution in [3.63, 3.8) is 0 Å². The molecule has 0 spiro atoms. The first kappa shape index (κ1) is 16.0. The Bertz CT molecular complexity index is 734. The number of benzene rings is 2. The molecule has 5 heteroatoms. The number of piperidine rings is 1. The molecule has 1 heterocycles. The molecule has 0 bridgehead atoms. The molecule has 0 atom stereocenters. The molecule has 0 aliphatic carbocycles. The first-order valence-corrected chi connectivity index (χ1v) is 9.28. The maximum absolute atomic E-state index is 12.6. The molecule has 0 unspecified atom stereocenters. The summed E-state index contributed by atoms with van der Waals surface area (Å²) in [7, 11) is -3.40. The Morgan fingerprint density at radius 3 is 2.17 bits per heavy atom. The first-order valence-electron chi connectivity index (χ1n) is 7.84. The van der Waals surface area contributed by atoms with E-state index in [1.165, 1.54) is 0 Å². The van der Waals surface area contributed by atoms with E-state index >= 15 is 0 Å². The predicted octanol–water partition coefficient (Wildman–Crippen LogP) is 3.23. The van der Waals surface area contributed by atoms with Crippen molar-refractivity contribution in [2.24, 2.45) is 0 Å². The van der Waals surface area contributed by atoms with Gasteiger partial charge in [0.05, 0.1) is 4.90 Å². The summed E-state index contributed by atoms with van der Waals surface area (Å²) in [6.45, 7) is 2.93. The number of ether oxygens (including phenoxy) is 1. The third kappa shape index (κ3) is 3.74. The van der Waals surface area contributed by atoms with Crippen LogP contribution in [-0.4, -0.2) is 31.9 Å². The normalized spacial score (nSPS) is 17.1. The van der Waals surface area contributed by atoms with Crippen molar-refractivity contribution in [3.8, 4) is 5.75 Å². The quantitative estimate of drug-likeness (QED) is 0.864. The van der Waals surface area contributed by atoms with E-state index in [0.29, 0.717) is 30.8 Å². The van der Waals surface area contributed by atoms with Gasteiger partial charge in [-0.3, -0.25) is 0 Å². The predicted molar refractivity (Wildman–Crippen MR) is 90.0 cm³/mol. The van der Waals surface area contributed by atoms with E-state index in [1.807, 2.05) is 49.4 Å². The zero-order valence-electron chi connectivity index (χ0n) is 13.2. The van der Waals surface area contributed by atoms with Crippen LogP contribution in [0.3, 0.4) is 0 Å². The van der Waals surface area contributed by atoms with Crippen LogP contribution in [0, 0.1) is 6.92 Å². The minimum absolute atomic E-state index is 0.0712. The summed E-state index contributed by atoms with van der Waals surface area (Å²) in [5.41, 5.74) is 1.05. The van der Waals surface area contributed by atoms with Crippen LogP contribution in [0.5, 0.6) is 5.75 Å². The molecule has 0 amide bonds. The van der Waals surface area contributed by atoms with Gasteiger partial charge in [0.1, 0.15) is 11.9 Å². The van der Waals surface area contributed by atoms with Crippen LogP contribution < -0.4 is 4.74 Å². The van der Waals surface area contributed by atoms with E-state index in [2.05, 4.69) is 0 Å². The Hall–Kier alpha value is -1.85. The van der Waals surface area contributed by atoms with Gasteiger partial charge in [-0.05, 0) is 44.0 Å². The maximum atomic E-state index is 12.6. The molecular weight excluding hydrogens is 310 g/mol. The van der Waals surface area contributed by atoms with Gasteiger partial charge < -0.3 is 4.74 Å². The van der Waals surface area contributed by atoms with Gasteiger partial charge in [-0.2, -0.15) is 4.31 Å². The van der Waals surface area contributed by atoms with Crippen molar-refractivity contribution >= 4 is 10.0 Å². The molecule has 3 rings (SSSR count). The monoisotopic (exact) mass is 331 g/mol. The van der Waals surface area contributed by atoms with Crippen LogP contribution in [0.2, 0.25) is 0 Å². The lowest BCUT2D eigenvalue weighted by molar-refractivity contribution is 0.135. The highest BCUT2D eigenvalue weighted by atomic mass is 32.2. The molecule has 23 heavy (non-hydrogen) atoms. The number of rotatable bonds is 4. The SMILES string of the molecule is Cc1ccc(S(=O)(=O)N2CCC(Oc3ccccc3)CC2)cc1. The van der Waals surface area contributed by atoms with Crippen LogP contribution in [0.1, 0.15) is 18.4 Å². The van der Waals surface area contributed by atoms with Gasteiger partial charge in [-0.1, -0.05) is 35.9 Å². The Morgan fingerprint density at radius 2 is 1.57 bits per heavy atom. The van der Waals surface area contributed by atoms with E-state index in [1.54, 1.807) is 16.4 Å². The Balaban J connectivity index is 1.63. The van der Waals surface area contributed by atoms with Gasteiger partial charge in [-0.15, -0.1) is 0 Å². The number of para-hydroxylation sites is 1. The smallest absolute Gasteiger partial charge is 0.243 e. The van der Waals surface area contributed by atoms with Gasteiger partial charge >= 0.3 is 0 Å². The van der Waals surface area contributed by atoms with Crippen molar-refractivity contribution in [3.05, 3.63) is 60.2 Å². The fraction of sp³-hybridized carbons (Fsp3) is 0.333. The summed E-state index contributed by atoms with van der Waals surface area (Å²) < 4.78 is 32.8. The van der Waals surface area contributed by atoms with Crippen LogP contribution in [0.15, 0.2) is 59.5 Å². The molecule has 4 nitrogen and oxygen atoms in total. The van der Waals surface area contributed by atoms with Crippen LogP contribution in [0.4, 0.5) is 0 Å². The second-order valence-corrected chi connectivity index (χ2v) is 7.79. The Kier molecular flexibility index (Phi) is 4.68. The number of nitrogens with zero attached hydrogens (tertiary/aromatic N) is 1. The van der Waals surface area contributed by atoms with Crippen LogP contribution in [-0.2, 0) is 10.0 Å². The molecule has 2 aromatic rings. The largest absolute Gasteiger partial charge is 0.490 e. The molecule has 0 aromatic heterocycles. The van der Waals surface area contributed by atoms with Gasteiger partial charge in [0.2, 0.25) is 10.0 Å². The molecule has 1 saturated heterocycles. The number of hydrogen-bond donors (Lipinski definition) is 0. The lowest BCUT2D eigenvalue weighted by Gasteiger charge is -2.31. The molecule has 2 aromatic carbocycles. The minimum Gasteiger partial charge on any atom is -0.490 e. The van der Waals surface area contributed by atoms with Crippen molar-refractivity contribution < 1.29 is 13.2 Å². The van der Waals surface area contributed by atoms with Crippen molar-refractivity contribution in [1.29, 1.82) is 0 Å². The highest BCUT2D eigenvalue weighted by molar-refractivity contribution is 7.89. The lowest BCUT2D eigenvalue weighted by Crippen LogP contribution is -2.41. The zero-order valence-corrected chi connectivity index (χ0v) is 14.0. The van der Waals surface area contributed by atoms with Crippen molar-refractivity contribution in [2.75, 3.05) is 13.1 Å². The second-order valence-electron chi connectivity index (χ2n) is 5.85. The van der Waals surface area contributed by atoms with Crippen LogP contribution in [0.25, 0.3) is 0 Å². The highest BCUT2D eigenvalue weighted by Gasteiger charge is 2.30. The third-order valence-corrected chi connectivity index (χ3v) is 6.02. The molecule has 0 N–H and O–H groups in total. The molecule has 1 aliphatic rings. The average molecular weight is 331 g/mol. The molecule has 1 fully saturated rings. The molecule has 0 saturated carbocycles. The minimum atomic E-state index is -3.40. The van der Waals surface area contributed by atoms with Crippen LogP contribution >= 0.6 is 0 Å².